The summed E-state index contributed by atoms with van der Waals surface area (Å²) in [7, 11) is 0. The Morgan fingerprint density at radius 1 is 1.41 bits per heavy atom. The number of carboxylic acid groups (broad SMARTS) is 1. The van der Waals surface area contributed by atoms with Crippen LogP contribution in [0.2, 0.25) is 0 Å². The van der Waals surface area contributed by atoms with Crippen LogP contribution < -0.4 is 0 Å². The van der Waals surface area contributed by atoms with E-state index in [1.165, 1.54) is 0 Å². The molecule has 0 aliphatic carbocycles. The van der Waals surface area contributed by atoms with Gasteiger partial charge in [-0.3, -0.25) is 14.5 Å². The molecule has 2 aliphatic heterocycles. The number of fused-ring (bicyclic) bond motifs is 1. The average molecular weight is 240 g/mol. The quantitative estimate of drug-likeness (QED) is 0.776. The third-order valence-corrected chi connectivity index (χ3v) is 3.80. The lowest BCUT2D eigenvalue weighted by Crippen LogP contribution is -2.57. The van der Waals surface area contributed by atoms with E-state index >= 15 is 0 Å². The second-order valence-electron chi connectivity index (χ2n) is 5.30. The molecule has 17 heavy (non-hydrogen) atoms. The zero-order valence-corrected chi connectivity index (χ0v) is 10.4. The number of hydrogen-bond donors (Lipinski definition) is 1. The van der Waals surface area contributed by atoms with E-state index in [1.807, 2.05) is 23.6 Å². The van der Waals surface area contributed by atoms with Gasteiger partial charge in [0.1, 0.15) is 6.04 Å². The minimum Gasteiger partial charge on any atom is -0.480 e. The molecule has 0 aromatic rings. The number of amides is 1. The fraction of sp³-hybridized carbons (Fsp3) is 0.833. The van der Waals surface area contributed by atoms with Gasteiger partial charge in [-0.25, -0.2) is 0 Å². The Morgan fingerprint density at radius 3 is 2.71 bits per heavy atom. The highest BCUT2D eigenvalue weighted by Crippen LogP contribution is 2.25. The van der Waals surface area contributed by atoms with Gasteiger partial charge >= 0.3 is 5.97 Å². The van der Waals surface area contributed by atoms with Crippen LogP contribution in [-0.2, 0) is 9.59 Å². The van der Waals surface area contributed by atoms with Crippen molar-refractivity contribution in [2.45, 2.75) is 38.8 Å². The Balaban J connectivity index is 2.05. The first-order chi connectivity index (χ1) is 8.00. The third kappa shape index (κ3) is 2.29. The van der Waals surface area contributed by atoms with E-state index in [-0.39, 0.29) is 17.9 Å². The van der Waals surface area contributed by atoms with E-state index in [2.05, 4.69) is 0 Å². The Hall–Kier alpha value is -1.10. The molecule has 1 amide bonds. The molecule has 2 heterocycles. The maximum absolute atomic E-state index is 11.5. The molecule has 2 unspecified atom stereocenters. The van der Waals surface area contributed by atoms with Crippen molar-refractivity contribution in [3.05, 3.63) is 0 Å². The van der Waals surface area contributed by atoms with Gasteiger partial charge in [-0.15, -0.1) is 0 Å². The molecule has 2 saturated heterocycles. The topological polar surface area (TPSA) is 60.9 Å². The minimum atomic E-state index is -0.752. The van der Waals surface area contributed by atoms with Gasteiger partial charge in [0.2, 0.25) is 5.91 Å². The summed E-state index contributed by atoms with van der Waals surface area (Å²) in [5.41, 5.74) is 0. The predicted octanol–water partition coefficient (Wildman–Crippen LogP) is 0.402. The second-order valence-corrected chi connectivity index (χ2v) is 5.30. The Kier molecular flexibility index (Phi) is 3.38. The number of hydrogen-bond acceptors (Lipinski definition) is 3. The van der Waals surface area contributed by atoms with E-state index in [9.17, 15) is 14.7 Å². The van der Waals surface area contributed by atoms with Crippen molar-refractivity contribution in [2.24, 2.45) is 5.92 Å². The van der Waals surface area contributed by atoms with Gasteiger partial charge in [0.15, 0.2) is 0 Å². The van der Waals surface area contributed by atoms with E-state index < -0.39 is 12.0 Å². The minimum absolute atomic E-state index is 0.0937. The number of rotatable bonds is 3. The molecule has 1 N–H and O–H groups in total. The summed E-state index contributed by atoms with van der Waals surface area (Å²) in [4.78, 5) is 26.8. The first kappa shape index (κ1) is 12.4. The van der Waals surface area contributed by atoms with Crippen LogP contribution in [0.15, 0.2) is 0 Å². The summed E-state index contributed by atoms with van der Waals surface area (Å²) in [5, 5.41) is 9.27. The lowest BCUT2D eigenvalue weighted by molar-refractivity contribution is -0.147. The van der Waals surface area contributed by atoms with E-state index in [0.29, 0.717) is 26.1 Å². The molecular formula is C12H20N2O3. The molecule has 5 heteroatoms. The maximum atomic E-state index is 11.5. The van der Waals surface area contributed by atoms with Crippen LogP contribution in [-0.4, -0.2) is 58.5 Å². The molecule has 0 bridgehead atoms. The normalized spacial score (nSPS) is 27.4. The summed E-state index contributed by atoms with van der Waals surface area (Å²) >= 11 is 0. The van der Waals surface area contributed by atoms with Crippen molar-refractivity contribution in [3.8, 4) is 0 Å². The summed E-state index contributed by atoms with van der Waals surface area (Å²) in [5.74, 6) is -0.431. The monoisotopic (exact) mass is 240 g/mol. The molecule has 0 aromatic heterocycles. The molecule has 2 atom stereocenters. The van der Waals surface area contributed by atoms with Gasteiger partial charge in [0.05, 0.1) is 0 Å². The van der Waals surface area contributed by atoms with Gasteiger partial charge in [-0.2, -0.15) is 0 Å². The van der Waals surface area contributed by atoms with Crippen LogP contribution in [0, 0.1) is 5.92 Å². The van der Waals surface area contributed by atoms with Crippen LogP contribution in [0.25, 0.3) is 0 Å². The van der Waals surface area contributed by atoms with E-state index in [0.717, 1.165) is 6.42 Å². The molecular weight excluding hydrogens is 220 g/mol. The molecule has 0 saturated carbocycles. The van der Waals surface area contributed by atoms with Crippen LogP contribution in [0.4, 0.5) is 0 Å². The smallest absolute Gasteiger partial charge is 0.321 e. The standard InChI is InChI=1S/C12H20N2O3/c1-8(2)11(12(16)17)13-5-6-14-9(7-13)3-4-10(14)15/h8-9,11H,3-7H2,1-2H3,(H,16,17). The molecule has 0 spiro atoms. The lowest BCUT2D eigenvalue weighted by atomic mass is 10.0. The number of carboxylic acids is 1. The van der Waals surface area contributed by atoms with Crippen LogP contribution >= 0.6 is 0 Å². The highest BCUT2D eigenvalue weighted by atomic mass is 16.4. The van der Waals surface area contributed by atoms with Crippen molar-refractivity contribution in [3.63, 3.8) is 0 Å². The molecule has 0 aromatic carbocycles. The van der Waals surface area contributed by atoms with Crippen molar-refractivity contribution in [2.75, 3.05) is 19.6 Å². The van der Waals surface area contributed by atoms with E-state index in [4.69, 9.17) is 0 Å². The summed E-state index contributed by atoms with van der Waals surface area (Å²) < 4.78 is 0. The number of nitrogens with zero attached hydrogens (tertiary/aromatic N) is 2. The number of aliphatic carboxylic acids is 1. The molecule has 2 rings (SSSR count). The number of piperazine rings is 1. The largest absolute Gasteiger partial charge is 0.480 e. The van der Waals surface area contributed by atoms with Crippen LogP contribution in [0.5, 0.6) is 0 Å². The van der Waals surface area contributed by atoms with Gasteiger partial charge in [-0.05, 0) is 12.3 Å². The van der Waals surface area contributed by atoms with Crippen LogP contribution in [0.3, 0.4) is 0 Å². The lowest BCUT2D eigenvalue weighted by Gasteiger charge is -2.41. The molecule has 5 nitrogen and oxygen atoms in total. The van der Waals surface area contributed by atoms with Gasteiger partial charge in [-0.1, -0.05) is 13.8 Å². The third-order valence-electron chi connectivity index (χ3n) is 3.80. The highest BCUT2D eigenvalue weighted by Gasteiger charge is 2.39. The number of carbonyl (C=O) groups excluding carboxylic acids is 1. The fourth-order valence-corrected chi connectivity index (χ4v) is 3.00. The van der Waals surface area contributed by atoms with Crippen LogP contribution in [0.1, 0.15) is 26.7 Å². The average Bonchev–Trinajstić information content (AvgIpc) is 2.59. The zero-order valence-electron chi connectivity index (χ0n) is 10.4. The first-order valence-corrected chi connectivity index (χ1v) is 6.27. The number of carbonyl (C=O) groups is 2. The van der Waals surface area contributed by atoms with Gasteiger partial charge in [0.25, 0.3) is 0 Å². The van der Waals surface area contributed by atoms with Gasteiger partial charge < -0.3 is 10.0 Å². The second kappa shape index (κ2) is 4.64. The molecule has 96 valence electrons. The Bertz CT molecular complexity index is 330. The SMILES string of the molecule is CC(C)C(C(=O)O)N1CCN2C(=O)CCC2C1. The van der Waals surface area contributed by atoms with Crippen molar-refractivity contribution < 1.29 is 14.7 Å². The van der Waals surface area contributed by atoms with Crippen molar-refractivity contribution >= 4 is 11.9 Å². The highest BCUT2D eigenvalue weighted by molar-refractivity contribution is 5.79. The molecule has 0 radical (unpaired) electrons. The summed E-state index contributed by atoms with van der Waals surface area (Å²) in [6.45, 7) is 5.94. The fourth-order valence-electron chi connectivity index (χ4n) is 3.00. The Labute approximate surface area is 101 Å². The summed E-state index contributed by atoms with van der Waals surface area (Å²) in [6, 6.07) is -0.190. The molecule has 2 aliphatic rings. The Morgan fingerprint density at radius 2 is 2.12 bits per heavy atom. The summed E-state index contributed by atoms with van der Waals surface area (Å²) in [6.07, 6.45) is 1.50. The predicted molar refractivity (Wildman–Crippen MR) is 62.6 cm³/mol. The first-order valence-electron chi connectivity index (χ1n) is 6.27. The van der Waals surface area contributed by atoms with Crippen molar-refractivity contribution in [1.29, 1.82) is 0 Å². The molecule has 2 fully saturated rings. The van der Waals surface area contributed by atoms with Gasteiger partial charge in [0, 0.05) is 32.1 Å². The maximum Gasteiger partial charge on any atom is 0.321 e. The van der Waals surface area contributed by atoms with Crippen molar-refractivity contribution in [1.82, 2.24) is 9.80 Å². The van der Waals surface area contributed by atoms with E-state index in [1.54, 1.807) is 0 Å². The zero-order chi connectivity index (χ0) is 12.6.